The molecule has 0 bridgehead atoms. The molecule has 1 N–H and O–H groups in total. The Labute approximate surface area is 102 Å². The van der Waals surface area contributed by atoms with E-state index in [2.05, 4.69) is 0 Å². The summed E-state index contributed by atoms with van der Waals surface area (Å²) >= 11 is 5.81. The van der Waals surface area contributed by atoms with E-state index in [1.165, 1.54) is 0 Å². The number of benzene rings is 1. The second-order valence-electron chi connectivity index (χ2n) is 4.40. The van der Waals surface area contributed by atoms with E-state index in [1.807, 2.05) is 31.2 Å². The van der Waals surface area contributed by atoms with E-state index in [9.17, 15) is 5.11 Å². The molecule has 0 fully saturated rings. The number of aliphatic hydroxyl groups is 1. The van der Waals surface area contributed by atoms with E-state index < -0.39 is 5.60 Å². The zero-order valence-electron chi connectivity index (χ0n) is 9.87. The maximum Gasteiger partial charge on any atom is 0.0660 e. The zero-order chi connectivity index (χ0) is 12.0. The first kappa shape index (κ1) is 13.5. The number of halogens is 1. The highest BCUT2D eigenvalue weighted by Gasteiger charge is 2.20. The van der Waals surface area contributed by atoms with E-state index in [0.717, 1.165) is 23.4 Å². The second kappa shape index (κ2) is 6.24. The third kappa shape index (κ3) is 4.97. The third-order valence-electron chi connectivity index (χ3n) is 2.56. The predicted octanol–water partition coefficient (Wildman–Crippen LogP) is 3.06. The van der Waals surface area contributed by atoms with Crippen molar-refractivity contribution in [1.29, 1.82) is 0 Å². The lowest BCUT2D eigenvalue weighted by Crippen LogP contribution is -2.27. The Balaban J connectivity index is 2.48. The lowest BCUT2D eigenvalue weighted by Gasteiger charge is -2.23. The van der Waals surface area contributed by atoms with Gasteiger partial charge in [0.15, 0.2) is 0 Å². The normalized spacial score (nSPS) is 14.8. The van der Waals surface area contributed by atoms with Crippen LogP contribution in [0, 0.1) is 0 Å². The molecule has 2 nitrogen and oxygen atoms in total. The van der Waals surface area contributed by atoms with E-state index in [0.29, 0.717) is 13.0 Å². The van der Waals surface area contributed by atoms with Crippen LogP contribution in [0.25, 0.3) is 0 Å². The Hall–Kier alpha value is -0.570. The molecule has 1 atom stereocenters. The maximum atomic E-state index is 10.2. The first-order chi connectivity index (χ1) is 7.53. The van der Waals surface area contributed by atoms with Gasteiger partial charge in [-0.05, 0) is 37.5 Å². The fourth-order valence-corrected chi connectivity index (χ4v) is 1.85. The van der Waals surface area contributed by atoms with Crippen LogP contribution in [0.1, 0.15) is 25.3 Å². The van der Waals surface area contributed by atoms with Crippen molar-refractivity contribution in [2.24, 2.45) is 0 Å². The van der Waals surface area contributed by atoms with Crippen molar-refractivity contribution in [3.8, 4) is 0 Å². The van der Waals surface area contributed by atoms with Gasteiger partial charge >= 0.3 is 0 Å². The molecule has 1 aromatic carbocycles. The van der Waals surface area contributed by atoms with Crippen LogP contribution in [0.3, 0.4) is 0 Å². The van der Waals surface area contributed by atoms with Gasteiger partial charge in [-0.3, -0.25) is 0 Å². The molecular formula is C13H19ClO2. The summed E-state index contributed by atoms with van der Waals surface area (Å²) in [6, 6.07) is 7.60. The Bertz CT molecular complexity index is 306. The number of ether oxygens (including phenoxy) is 1. The molecule has 0 aliphatic heterocycles. The van der Waals surface area contributed by atoms with Crippen LogP contribution in [0.2, 0.25) is 5.02 Å². The predicted molar refractivity (Wildman–Crippen MR) is 66.9 cm³/mol. The molecule has 16 heavy (non-hydrogen) atoms. The SMILES string of the molecule is COCCCC(C)(O)Cc1ccc(Cl)cc1. The lowest BCUT2D eigenvalue weighted by atomic mass is 9.92. The lowest BCUT2D eigenvalue weighted by molar-refractivity contribution is 0.0409. The van der Waals surface area contributed by atoms with Crippen LogP contribution in [-0.4, -0.2) is 24.4 Å². The quantitative estimate of drug-likeness (QED) is 0.777. The summed E-state index contributed by atoms with van der Waals surface area (Å²) in [5.74, 6) is 0. The fraction of sp³-hybridized carbons (Fsp3) is 0.538. The molecule has 0 aromatic heterocycles. The second-order valence-corrected chi connectivity index (χ2v) is 4.83. The Kier molecular flexibility index (Phi) is 5.26. The third-order valence-corrected chi connectivity index (χ3v) is 2.81. The van der Waals surface area contributed by atoms with Crippen molar-refractivity contribution in [3.05, 3.63) is 34.9 Å². The monoisotopic (exact) mass is 242 g/mol. The van der Waals surface area contributed by atoms with Gasteiger partial charge in [-0.1, -0.05) is 23.7 Å². The molecule has 3 heteroatoms. The molecule has 1 rings (SSSR count). The minimum atomic E-state index is -0.674. The van der Waals surface area contributed by atoms with E-state index in [4.69, 9.17) is 16.3 Å². The summed E-state index contributed by atoms with van der Waals surface area (Å²) in [4.78, 5) is 0. The minimum absolute atomic E-state index is 0.647. The Morgan fingerprint density at radius 2 is 1.94 bits per heavy atom. The van der Waals surface area contributed by atoms with Crippen LogP contribution < -0.4 is 0 Å². The summed E-state index contributed by atoms with van der Waals surface area (Å²) < 4.78 is 4.97. The van der Waals surface area contributed by atoms with Gasteiger partial charge in [0.1, 0.15) is 0 Å². The molecule has 0 amide bonds. The van der Waals surface area contributed by atoms with Crippen LogP contribution in [-0.2, 0) is 11.2 Å². The van der Waals surface area contributed by atoms with Crippen molar-refractivity contribution in [1.82, 2.24) is 0 Å². The van der Waals surface area contributed by atoms with Crippen LogP contribution in [0.15, 0.2) is 24.3 Å². The van der Waals surface area contributed by atoms with Crippen LogP contribution >= 0.6 is 11.6 Å². The van der Waals surface area contributed by atoms with Gasteiger partial charge in [-0.2, -0.15) is 0 Å². The minimum Gasteiger partial charge on any atom is -0.390 e. The van der Waals surface area contributed by atoms with Gasteiger partial charge in [0.25, 0.3) is 0 Å². The van der Waals surface area contributed by atoms with Crippen molar-refractivity contribution >= 4 is 11.6 Å². The van der Waals surface area contributed by atoms with Crippen LogP contribution in [0.4, 0.5) is 0 Å². The number of methoxy groups -OCH3 is 1. The number of hydrogen-bond acceptors (Lipinski definition) is 2. The smallest absolute Gasteiger partial charge is 0.0660 e. The summed E-state index contributed by atoms with van der Waals surface area (Å²) in [7, 11) is 1.67. The molecule has 1 unspecified atom stereocenters. The van der Waals surface area contributed by atoms with Crippen molar-refractivity contribution < 1.29 is 9.84 Å². The summed E-state index contributed by atoms with van der Waals surface area (Å²) in [5.41, 5.74) is 0.429. The number of hydrogen-bond donors (Lipinski definition) is 1. The first-order valence-corrected chi connectivity index (χ1v) is 5.87. The van der Waals surface area contributed by atoms with Crippen LogP contribution in [0.5, 0.6) is 0 Å². The summed E-state index contributed by atoms with van der Waals surface area (Å²) in [6.07, 6.45) is 2.26. The molecule has 0 saturated carbocycles. The molecule has 0 aliphatic carbocycles. The average Bonchev–Trinajstić information content (AvgIpc) is 2.21. The van der Waals surface area contributed by atoms with E-state index in [-0.39, 0.29) is 0 Å². The summed E-state index contributed by atoms with van der Waals surface area (Å²) in [6.45, 7) is 2.55. The zero-order valence-corrected chi connectivity index (χ0v) is 10.6. The molecule has 90 valence electrons. The average molecular weight is 243 g/mol. The van der Waals surface area contributed by atoms with Gasteiger partial charge in [-0.15, -0.1) is 0 Å². The molecule has 0 saturated heterocycles. The topological polar surface area (TPSA) is 29.5 Å². The van der Waals surface area contributed by atoms with Crippen molar-refractivity contribution in [2.45, 2.75) is 31.8 Å². The molecule has 0 aliphatic rings. The number of rotatable bonds is 6. The first-order valence-electron chi connectivity index (χ1n) is 5.49. The van der Waals surface area contributed by atoms with Gasteiger partial charge in [0.2, 0.25) is 0 Å². The standard InChI is InChI=1S/C13H19ClO2/c1-13(15,8-3-9-16-2)10-11-4-6-12(14)7-5-11/h4-7,15H,3,8-10H2,1-2H3. The molecular weight excluding hydrogens is 224 g/mol. The fourth-order valence-electron chi connectivity index (χ4n) is 1.73. The molecule has 0 heterocycles. The highest BCUT2D eigenvalue weighted by molar-refractivity contribution is 6.30. The Morgan fingerprint density at radius 1 is 1.31 bits per heavy atom. The molecule has 0 spiro atoms. The van der Waals surface area contributed by atoms with E-state index in [1.54, 1.807) is 7.11 Å². The van der Waals surface area contributed by atoms with Gasteiger partial charge in [0.05, 0.1) is 5.60 Å². The van der Waals surface area contributed by atoms with Gasteiger partial charge in [-0.25, -0.2) is 0 Å². The Morgan fingerprint density at radius 3 is 2.50 bits per heavy atom. The largest absolute Gasteiger partial charge is 0.390 e. The van der Waals surface area contributed by atoms with Crippen molar-refractivity contribution in [2.75, 3.05) is 13.7 Å². The highest BCUT2D eigenvalue weighted by atomic mass is 35.5. The van der Waals surface area contributed by atoms with Crippen molar-refractivity contribution in [3.63, 3.8) is 0 Å². The summed E-state index contributed by atoms with van der Waals surface area (Å²) in [5, 5.41) is 10.9. The molecule has 0 radical (unpaired) electrons. The van der Waals surface area contributed by atoms with Gasteiger partial charge < -0.3 is 9.84 Å². The molecule has 1 aromatic rings. The highest BCUT2D eigenvalue weighted by Crippen LogP contribution is 2.20. The maximum absolute atomic E-state index is 10.2. The van der Waals surface area contributed by atoms with Gasteiger partial charge in [0, 0.05) is 25.2 Å². The van der Waals surface area contributed by atoms with E-state index >= 15 is 0 Å².